The quantitative estimate of drug-likeness (QED) is 0.630. The summed E-state index contributed by atoms with van der Waals surface area (Å²) in [6, 6.07) is 0. The van der Waals surface area contributed by atoms with E-state index in [-0.39, 0.29) is 0 Å². The number of hydrogen-bond donors (Lipinski definition) is 0. The van der Waals surface area contributed by atoms with Crippen LogP contribution in [0.25, 0.3) is 0 Å². The van der Waals surface area contributed by atoms with Crippen molar-refractivity contribution in [2.75, 3.05) is 13.1 Å². The first kappa shape index (κ1) is 11.0. The van der Waals surface area contributed by atoms with Gasteiger partial charge in [-0.25, -0.2) is 0 Å². The van der Waals surface area contributed by atoms with Gasteiger partial charge in [0.05, 0.1) is 5.70 Å². The third kappa shape index (κ3) is 2.69. The number of hydrogen-bond acceptors (Lipinski definition) is 3. The Labute approximate surface area is 86.2 Å². The van der Waals surface area contributed by atoms with E-state index in [1.807, 2.05) is 19.9 Å². The molecule has 0 amide bonds. The van der Waals surface area contributed by atoms with E-state index in [1.54, 1.807) is 0 Å². The van der Waals surface area contributed by atoms with Crippen molar-refractivity contribution in [3.63, 3.8) is 0 Å². The molecule has 1 saturated heterocycles. The van der Waals surface area contributed by atoms with E-state index in [2.05, 4.69) is 28.6 Å². The van der Waals surface area contributed by atoms with E-state index in [1.165, 1.54) is 6.42 Å². The van der Waals surface area contributed by atoms with Crippen LogP contribution in [0.2, 0.25) is 0 Å². The van der Waals surface area contributed by atoms with Gasteiger partial charge >= 0.3 is 0 Å². The van der Waals surface area contributed by atoms with Gasteiger partial charge in [0.15, 0.2) is 0 Å². The van der Waals surface area contributed by atoms with Crippen LogP contribution >= 0.6 is 0 Å². The first-order chi connectivity index (χ1) is 6.67. The van der Waals surface area contributed by atoms with Crippen LogP contribution in [0, 0.1) is 5.92 Å². The second-order valence-electron chi connectivity index (χ2n) is 3.73. The molecule has 3 heteroatoms. The molecular weight excluding hydrogens is 174 g/mol. The number of likely N-dealkylation sites (tertiary alicyclic amines) is 1. The summed E-state index contributed by atoms with van der Waals surface area (Å²) in [6.45, 7) is 12.2. The maximum Gasteiger partial charge on any atom is 0.143 e. The van der Waals surface area contributed by atoms with Gasteiger partial charge in [0.2, 0.25) is 0 Å². The summed E-state index contributed by atoms with van der Waals surface area (Å²) in [4.78, 5) is 2.17. The molecule has 1 rings (SSSR count). The number of allylic oxidation sites excluding steroid dienone is 2. The predicted octanol–water partition coefficient (Wildman–Crippen LogP) is 3.18. The molecule has 0 saturated carbocycles. The van der Waals surface area contributed by atoms with Crippen LogP contribution in [-0.2, 0) is 0 Å². The van der Waals surface area contributed by atoms with Crippen LogP contribution in [-0.4, -0.2) is 18.0 Å². The van der Waals surface area contributed by atoms with Crippen molar-refractivity contribution in [2.24, 2.45) is 16.1 Å². The smallest absolute Gasteiger partial charge is 0.143 e. The lowest BCUT2D eigenvalue weighted by Gasteiger charge is -2.39. The second kappa shape index (κ2) is 4.94. The largest absolute Gasteiger partial charge is 0.355 e. The molecular formula is C11H19N3. The monoisotopic (exact) mass is 193 g/mol. The number of nitrogens with zero attached hydrogens (tertiary/aromatic N) is 3. The molecule has 1 aliphatic rings. The van der Waals surface area contributed by atoms with Crippen LogP contribution in [0.15, 0.2) is 34.4 Å². The summed E-state index contributed by atoms with van der Waals surface area (Å²) in [6.07, 6.45) is 3.18. The van der Waals surface area contributed by atoms with Gasteiger partial charge in [0.1, 0.15) is 5.82 Å². The van der Waals surface area contributed by atoms with Gasteiger partial charge in [-0.1, -0.05) is 19.6 Å². The average Bonchev–Trinajstić information content (AvgIpc) is 2.12. The fourth-order valence-corrected chi connectivity index (χ4v) is 1.30. The van der Waals surface area contributed by atoms with Crippen molar-refractivity contribution in [1.82, 2.24) is 4.90 Å². The SMILES string of the molecule is C=C(N=N/C(C)=C\C)N1CC(CC)C1. The third-order valence-electron chi connectivity index (χ3n) is 2.64. The standard InChI is InChI=1S/C11H19N3/c1-5-9(3)12-13-10(4)14-7-11(6-2)8-14/h5,11H,4,6-8H2,1-3H3/b9-5-,13-12?. The summed E-state index contributed by atoms with van der Waals surface area (Å²) in [5.41, 5.74) is 0.929. The van der Waals surface area contributed by atoms with E-state index < -0.39 is 0 Å². The third-order valence-corrected chi connectivity index (χ3v) is 2.64. The molecule has 0 aromatic carbocycles. The molecule has 0 spiro atoms. The van der Waals surface area contributed by atoms with Gasteiger partial charge in [0, 0.05) is 13.1 Å². The van der Waals surface area contributed by atoms with E-state index in [0.717, 1.165) is 30.5 Å². The maximum atomic E-state index is 4.07. The zero-order valence-electron chi connectivity index (χ0n) is 9.32. The summed E-state index contributed by atoms with van der Waals surface area (Å²) in [5, 5.41) is 8.12. The lowest BCUT2D eigenvalue weighted by molar-refractivity contribution is 0.137. The van der Waals surface area contributed by atoms with E-state index in [0.29, 0.717) is 0 Å². The van der Waals surface area contributed by atoms with E-state index in [9.17, 15) is 0 Å². The Bertz CT molecular complexity index is 260. The molecule has 1 heterocycles. The molecule has 0 bridgehead atoms. The van der Waals surface area contributed by atoms with Crippen molar-refractivity contribution >= 4 is 0 Å². The molecule has 0 radical (unpaired) electrons. The Balaban J connectivity index is 2.34. The molecule has 14 heavy (non-hydrogen) atoms. The Hall–Kier alpha value is -1.12. The number of rotatable bonds is 4. The highest BCUT2D eigenvalue weighted by Gasteiger charge is 2.25. The van der Waals surface area contributed by atoms with Crippen molar-refractivity contribution in [3.8, 4) is 0 Å². The molecule has 0 N–H and O–H groups in total. The Kier molecular flexibility index (Phi) is 3.86. The van der Waals surface area contributed by atoms with Gasteiger partial charge in [-0.3, -0.25) is 0 Å². The summed E-state index contributed by atoms with van der Waals surface area (Å²) < 4.78 is 0. The van der Waals surface area contributed by atoms with Gasteiger partial charge in [-0.2, -0.15) is 5.11 Å². The summed E-state index contributed by atoms with van der Waals surface area (Å²) in [7, 11) is 0. The van der Waals surface area contributed by atoms with Crippen LogP contribution < -0.4 is 0 Å². The molecule has 1 aliphatic heterocycles. The molecule has 0 aromatic rings. The highest BCUT2D eigenvalue weighted by molar-refractivity contribution is 5.00. The highest BCUT2D eigenvalue weighted by Crippen LogP contribution is 2.23. The normalized spacial score (nSPS) is 18.8. The van der Waals surface area contributed by atoms with E-state index >= 15 is 0 Å². The molecule has 0 aromatic heterocycles. The molecule has 1 fully saturated rings. The lowest BCUT2D eigenvalue weighted by Crippen LogP contribution is -2.44. The zero-order valence-corrected chi connectivity index (χ0v) is 9.32. The summed E-state index contributed by atoms with van der Waals surface area (Å²) >= 11 is 0. The van der Waals surface area contributed by atoms with Crippen molar-refractivity contribution in [3.05, 3.63) is 24.2 Å². The molecule has 0 atom stereocenters. The Morgan fingerprint density at radius 3 is 2.64 bits per heavy atom. The second-order valence-corrected chi connectivity index (χ2v) is 3.73. The molecule has 0 aliphatic carbocycles. The zero-order chi connectivity index (χ0) is 10.6. The van der Waals surface area contributed by atoms with Crippen molar-refractivity contribution in [1.29, 1.82) is 0 Å². The molecule has 78 valence electrons. The van der Waals surface area contributed by atoms with E-state index in [4.69, 9.17) is 0 Å². The van der Waals surface area contributed by atoms with Gasteiger partial charge < -0.3 is 4.90 Å². The van der Waals surface area contributed by atoms with Crippen LogP contribution in [0.5, 0.6) is 0 Å². The highest BCUT2D eigenvalue weighted by atomic mass is 15.3. The first-order valence-electron chi connectivity index (χ1n) is 5.15. The van der Waals surface area contributed by atoms with Crippen LogP contribution in [0.4, 0.5) is 0 Å². The molecule has 3 nitrogen and oxygen atoms in total. The minimum atomic E-state index is 0.788. The Morgan fingerprint density at radius 1 is 1.50 bits per heavy atom. The summed E-state index contributed by atoms with van der Waals surface area (Å²) in [5.74, 6) is 1.61. The Morgan fingerprint density at radius 2 is 2.14 bits per heavy atom. The average molecular weight is 193 g/mol. The van der Waals surface area contributed by atoms with Gasteiger partial charge in [-0.15, -0.1) is 5.11 Å². The fourth-order valence-electron chi connectivity index (χ4n) is 1.30. The van der Waals surface area contributed by atoms with Crippen molar-refractivity contribution in [2.45, 2.75) is 27.2 Å². The van der Waals surface area contributed by atoms with Gasteiger partial charge in [-0.05, 0) is 26.2 Å². The molecule has 0 unspecified atom stereocenters. The number of azo groups is 1. The van der Waals surface area contributed by atoms with Crippen molar-refractivity contribution < 1.29 is 0 Å². The maximum absolute atomic E-state index is 4.07. The van der Waals surface area contributed by atoms with Gasteiger partial charge in [0.25, 0.3) is 0 Å². The topological polar surface area (TPSA) is 28.0 Å². The lowest BCUT2D eigenvalue weighted by atomic mass is 9.98. The minimum Gasteiger partial charge on any atom is -0.355 e. The first-order valence-corrected chi connectivity index (χ1v) is 5.15. The predicted molar refractivity (Wildman–Crippen MR) is 58.8 cm³/mol. The van der Waals surface area contributed by atoms with Crippen LogP contribution in [0.3, 0.4) is 0 Å². The minimum absolute atomic E-state index is 0.788. The van der Waals surface area contributed by atoms with Crippen LogP contribution in [0.1, 0.15) is 27.2 Å². The fraction of sp³-hybridized carbons (Fsp3) is 0.636.